The molecule has 1 fully saturated rings. The summed E-state index contributed by atoms with van der Waals surface area (Å²) in [6.07, 6.45) is 0. The van der Waals surface area contributed by atoms with Crippen LogP contribution in [-0.4, -0.2) is 23.2 Å². The molecule has 0 spiro atoms. The average molecular weight is 355 g/mol. The van der Waals surface area contributed by atoms with Gasteiger partial charge in [-0.05, 0) is 24.3 Å². The van der Waals surface area contributed by atoms with Crippen LogP contribution in [0.3, 0.4) is 0 Å². The smallest absolute Gasteiger partial charge is 0.308 e. The van der Waals surface area contributed by atoms with Gasteiger partial charge in [0, 0.05) is 23.5 Å². The van der Waals surface area contributed by atoms with Crippen molar-refractivity contribution in [3.63, 3.8) is 0 Å². The number of thioether (sulfide) groups is 1. The predicted molar refractivity (Wildman–Crippen MR) is 88.7 cm³/mol. The van der Waals surface area contributed by atoms with Crippen LogP contribution in [0.4, 0.5) is 19.3 Å². The molecule has 23 heavy (non-hydrogen) atoms. The largest absolute Gasteiger partial charge is 0.323 e. The summed E-state index contributed by atoms with van der Waals surface area (Å²) in [6, 6.07) is 10.0. The molecular formula is C16H13ClF2N2OS. The number of halogens is 3. The van der Waals surface area contributed by atoms with E-state index in [0.29, 0.717) is 17.8 Å². The third kappa shape index (κ3) is 3.43. The Morgan fingerprint density at radius 3 is 2.74 bits per heavy atom. The number of hydrogen-bond donors (Lipinski definition) is 1. The van der Waals surface area contributed by atoms with E-state index in [1.54, 1.807) is 23.1 Å². The fraction of sp³-hybridized carbons (Fsp3) is 0.188. The summed E-state index contributed by atoms with van der Waals surface area (Å²) in [5.74, 6) is -0.170. The van der Waals surface area contributed by atoms with Crippen LogP contribution in [0.5, 0.6) is 0 Å². The van der Waals surface area contributed by atoms with Gasteiger partial charge in [-0.15, -0.1) is 11.8 Å². The van der Waals surface area contributed by atoms with Gasteiger partial charge < -0.3 is 10.2 Å². The molecular weight excluding hydrogens is 342 g/mol. The first-order chi connectivity index (χ1) is 11.1. The second-order valence-electron chi connectivity index (χ2n) is 5.00. The summed E-state index contributed by atoms with van der Waals surface area (Å²) in [5.41, 5.74) is 0.868. The topological polar surface area (TPSA) is 32.3 Å². The number of carbonyl (C=O) groups is 1. The number of nitrogens with one attached hydrogen (secondary N) is 1. The van der Waals surface area contributed by atoms with Gasteiger partial charge in [0.1, 0.15) is 17.0 Å². The molecule has 1 aliphatic rings. The lowest BCUT2D eigenvalue weighted by molar-refractivity contribution is 0.213. The van der Waals surface area contributed by atoms with Crippen molar-refractivity contribution in [2.24, 2.45) is 0 Å². The zero-order valence-electron chi connectivity index (χ0n) is 11.9. The van der Waals surface area contributed by atoms with E-state index >= 15 is 0 Å². The van der Waals surface area contributed by atoms with Crippen molar-refractivity contribution in [3.8, 4) is 0 Å². The molecule has 0 aliphatic carbocycles. The van der Waals surface area contributed by atoms with Gasteiger partial charge in [0.15, 0.2) is 0 Å². The maximum atomic E-state index is 14.0. The molecule has 2 aromatic carbocycles. The molecule has 0 bridgehead atoms. The van der Waals surface area contributed by atoms with Crippen molar-refractivity contribution < 1.29 is 13.6 Å². The molecule has 2 amide bonds. The lowest BCUT2D eigenvalue weighted by Crippen LogP contribution is -2.34. The Hall–Kier alpha value is -1.79. The maximum Gasteiger partial charge on any atom is 0.323 e. The Balaban J connectivity index is 1.78. The van der Waals surface area contributed by atoms with E-state index in [2.05, 4.69) is 5.32 Å². The average Bonchev–Trinajstić information content (AvgIpc) is 3.01. The first-order valence-corrected chi connectivity index (χ1v) is 8.37. The molecule has 1 saturated heterocycles. The SMILES string of the molecule is O=C(Nc1ccc(F)c(Cl)c1)N1CCSC1c1ccccc1F. The second-order valence-corrected chi connectivity index (χ2v) is 6.59. The first-order valence-electron chi connectivity index (χ1n) is 6.95. The number of carbonyl (C=O) groups excluding carboxylic acids is 1. The summed E-state index contributed by atoms with van der Waals surface area (Å²) in [6.45, 7) is 0.504. The molecule has 7 heteroatoms. The van der Waals surface area contributed by atoms with Gasteiger partial charge >= 0.3 is 6.03 Å². The number of amides is 2. The van der Waals surface area contributed by atoms with Crippen LogP contribution in [0, 0.1) is 11.6 Å². The van der Waals surface area contributed by atoms with Crippen LogP contribution in [0.2, 0.25) is 5.02 Å². The van der Waals surface area contributed by atoms with Gasteiger partial charge in [0.2, 0.25) is 0 Å². The van der Waals surface area contributed by atoms with Gasteiger partial charge in [-0.3, -0.25) is 0 Å². The van der Waals surface area contributed by atoms with Gasteiger partial charge in [-0.2, -0.15) is 0 Å². The Bertz CT molecular complexity index is 744. The molecule has 1 aliphatic heterocycles. The number of urea groups is 1. The van der Waals surface area contributed by atoms with Crippen molar-refractivity contribution in [1.82, 2.24) is 4.90 Å². The van der Waals surface area contributed by atoms with Crippen molar-refractivity contribution >= 4 is 35.1 Å². The minimum Gasteiger partial charge on any atom is -0.308 e. The summed E-state index contributed by atoms with van der Waals surface area (Å²) < 4.78 is 27.1. The van der Waals surface area contributed by atoms with Crippen molar-refractivity contribution in [2.45, 2.75) is 5.37 Å². The third-order valence-electron chi connectivity index (χ3n) is 3.49. The molecule has 1 N–H and O–H groups in total. The summed E-state index contributed by atoms with van der Waals surface area (Å²) in [5, 5.41) is 2.22. The molecule has 3 rings (SSSR count). The molecule has 0 aromatic heterocycles. The van der Waals surface area contributed by atoms with Crippen molar-refractivity contribution in [2.75, 3.05) is 17.6 Å². The van der Waals surface area contributed by atoms with Crippen LogP contribution >= 0.6 is 23.4 Å². The van der Waals surface area contributed by atoms with Crippen LogP contribution in [0.25, 0.3) is 0 Å². The zero-order chi connectivity index (χ0) is 16.4. The number of benzene rings is 2. The van der Waals surface area contributed by atoms with E-state index in [9.17, 15) is 13.6 Å². The lowest BCUT2D eigenvalue weighted by Gasteiger charge is -2.24. The Labute approximate surface area is 141 Å². The lowest BCUT2D eigenvalue weighted by atomic mass is 10.2. The zero-order valence-corrected chi connectivity index (χ0v) is 13.5. The first kappa shape index (κ1) is 16.1. The van der Waals surface area contributed by atoms with Gasteiger partial charge in [-0.25, -0.2) is 13.6 Å². The standard InChI is InChI=1S/C16H13ClF2N2OS/c17-12-9-10(5-6-14(12)19)20-16(22)21-7-8-23-15(21)11-3-1-2-4-13(11)18/h1-6,9,15H,7-8H2,(H,20,22). The number of nitrogens with zero attached hydrogens (tertiary/aromatic N) is 1. The summed E-state index contributed by atoms with van der Waals surface area (Å²) in [4.78, 5) is 14.0. The third-order valence-corrected chi connectivity index (χ3v) is 5.03. The number of anilines is 1. The van der Waals surface area contributed by atoms with Gasteiger partial charge in [0.25, 0.3) is 0 Å². The molecule has 0 radical (unpaired) electrons. The highest BCUT2D eigenvalue weighted by Crippen LogP contribution is 2.39. The summed E-state index contributed by atoms with van der Waals surface area (Å²) in [7, 11) is 0. The fourth-order valence-corrected chi connectivity index (χ4v) is 3.84. The van der Waals surface area contributed by atoms with Crippen LogP contribution in [0.1, 0.15) is 10.9 Å². The predicted octanol–water partition coefficient (Wildman–Crippen LogP) is 4.90. The minimum atomic E-state index is -0.550. The molecule has 1 atom stereocenters. The Morgan fingerprint density at radius 1 is 1.22 bits per heavy atom. The molecule has 2 aromatic rings. The van der Waals surface area contributed by atoms with E-state index in [1.165, 1.54) is 36.0 Å². The van der Waals surface area contributed by atoms with E-state index in [4.69, 9.17) is 11.6 Å². The monoisotopic (exact) mass is 354 g/mol. The molecule has 3 nitrogen and oxygen atoms in total. The number of hydrogen-bond acceptors (Lipinski definition) is 2. The number of rotatable bonds is 2. The Kier molecular flexibility index (Phi) is 4.73. The van der Waals surface area contributed by atoms with E-state index in [1.807, 2.05) is 0 Å². The quantitative estimate of drug-likeness (QED) is 0.832. The van der Waals surface area contributed by atoms with E-state index < -0.39 is 5.82 Å². The fourth-order valence-electron chi connectivity index (χ4n) is 2.38. The highest BCUT2D eigenvalue weighted by molar-refractivity contribution is 7.99. The molecule has 1 heterocycles. The highest BCUT2D eigenvalue weighted by atomic mass is 35.5. The van der Waals surface area contributed by atoms with E-state index in [-0.39, 0.29) is 22.2 Å². The normalized spacial score (nSPS) is 17.3. The van der Waals surface area contributed by atoms with Crippen LogP contribution in [-0.2, 0) is 0 Å². The van der Waals surface area contributed by atoms with Gasteiger partial charge in [-0.1, -0.05) is 29.8 Å². The van der Waals surface area contributed by atoms with Crippen LogP contribution in [0.15, 0.2) is 42.5 Å². The maximum absolute atomic E-state index is 14.0. The highest BCUT2D eigenvalue weighted by Gasteiger charge is 2.32. The summed E-state index contributed by atoms with van der Waals surface area (Å²) >= 11 is 7.21. The second kappa shape index (κ2) is 6.76. The molecule has 1 unspecified atom stereocenters. The molecule has 120 valence electrons. The van der Waals surface area contributed by atoms with Crippen molar-refractivity contribution in [3.05, 3.63) is 64.7 Å². The van der Waals surface area contributed by atoms with E-state index in [0.717, 1.165) is 5.75 Å². The van der Waals surface area contributed by atoms with Gasteiger partial charge in [0.05, 0.1) is 5.02 Å². The minimum absolute atomic E-state index is 0.0655. The Morgan fingerprint density at radius 2 is 2.00 bits per heavy atom. The van der Waals surface area contributed by atoms with Crippen molar-refractivity contribution in [1.29, 1.82) is 0 Å². The molecule has 0 saturated carbocycles. The van der Waals surface area contributed by atoms with Crippen LogP contribution < -0.4 is 5.32 Å².